The Labute approximate surface area is 167 Å². The van der Waals surface area contributed by atoms with E-state index in [-0.39, 0.29) is 6.61 Å². The summed E-state index contributed by atoms with van der Waals surface area (Å²) in [4.78, 5) is 12.0. The van der Waals surface area contributed by atoms with Gasteiger partial charge in [-0.15, -0.1) is 0 Å². The van der Waals surface area contributed by atoms with Crippen LogP contribution in [0.3, 0.4) is 0 Å². The maximum absolute atomic E-state index is 12.0. The lowest BCUT2D eigenvalue weighted by Gasteiger charge is -2.43. The van der Waals surface area contributed by atoms with Gasteiger partial charge in [-0.2, -0.15) is 0 Å². The summed E-state index contributed by atoms with van der Waals surface area (Å²) in [6, 6.07) is 8.75. The van der Waals surface area contributed by atoms with Crippen LogP contribution in [-0.2, 0) is 25.6 Å². The number of halogens is 3. The molecule has 2 N–H and O–H groups in total. The van der Waals surface area contributed by atoms with Crippen LogP contribution >= 0.6 is 34.8 Å². The van der Waals surface area contributed by atoms with Gasteiger partial charge in [0.05, 0.1) is 25.9 Å². The van der Waals surface area contributed by atoms with Gasteiger partial charge >= 0.3 is 0 Å². The molecule has 1 saturated heterocycles. The number of aliphatic hydroxyl groups is 1. The maximum atomic E-state index is 12.0. The zero-order chi connectivity index (χ0) is 19.4. The molecule has 0 bridgehead atoms. The highest BCUT2D eigenvalue weighted by atomic mass is 35.6. The second kappa shape index (κ2) is 9.06. The van der Waals surface area contributed by atoms with Crippen LogP contribution in [0.4, 0.5) is 0 Å². The molecule has 0 aliphatic carbocycles. The van der Waals surface area contributed by atoms with Gasteiger partial charge in [0, 0.05) is 0 Å². The Bertz CT molecular complexity index is 594. The van der Waals surface area contributed by atoms with E-state index in [1.54, 1.807) is 13.8 Å². The highest BCUT2D eigenvalue weighted by molar-refractivity contribution is 6.76. The minimum atomic E-state index is -2.14. The Hall–Kier alpha value is -0.600. The smallest absolute Gasteiger partial charge is 0.272 e. The number of carbonyl (C=O) groups is 1. The molecule has 1 aliphatic rings. The standard InChI is InChI=1S/C17H22Cl3NO5/c1-16(2)25-10-13(24-9-11-6-4-3-5-7-11)14(26-16)12(8-22)21-15(23)17(18,19)20/h3-7,12-14,22H,8-10H2,1-2H3,(H,21,23)/t12-,13+,14-/m0/s1. The van der Waals surface area contributed by atoms with E-state index in [4.69, 9.17) is 49.0 Å². The molecular weight excluding hydrogens is 405 g/mol. The molecule has 3 atom stereocenters. The minimum absolute atomic E-state index is 0.227. The van der Waals surface area contributed by atoms with Gasteiger partial charge in [-0.3, -0.25) is 4.79 Å². The van der Waals surface area contributed by atoms with Gasteiger partial charge in [0.2, 0.25) is 0 Å². The van der Waals surface area contributed by atoms with Crippen molar-refractivity contribution in [3.8, 4) is 0 Å². The summed E-state index contributed by atoms with van der Waals surface area (Å²) in [6.07, 6.45) is -1.22. The monoisotopic (exact) mass is 425 g/mol. The Morgan fingerprint density at radius 1 is 1.38 bits per heavy atom. The van der Waals surface area contributed by atoms with Crippen molar-refractivity contribution in [2.24, 2.45) is 0 Å². The second-order valence-corrected chi connectivity index (χ2v) is 8.67. The molecule has 1 fully saturated rings. The molecule has 146 valence electrons. The molecular formula is C17H22Cl3NO5. The van der Waals surface area contributed by atoms with Crippen LogP contribution < -0.4 is 5.32 Å². The summed E-state index contributed by atoms with van der Waals surface area (Å²) in [6.45, 7) is 3.60. The van der Waals surface area contributed by atoms with Crippen LogP contribution in [0.2, 0.25) is 0 Å². The number of aliphatic hydroxyl groups excluding tert-OH is 1. The first kappa shape index (κ1) is 21.7. The normalized spacial score (nSPS) is 24.1. The summed E-state index contributed by atoms with van der Waals surface area (Å²) in [5, 5.41) is 12.2. The third-order valence-electron chi connectivity index (χ3n) is 3.86. The number of hydrogen-bond acceptors (Lipinski definition) is 5. The molecule has 0 spiro atoms. The summed E-state index contributed by atoms with van der Waals surface area (Å²) >= 11 is 16.8. The van der Waals surface area contributed by atoms with Gasteiger partial charge in [-0.05, 0) is 19.4 Å². The SMILES string of the molecule is CC1(C)OC[C@@H](OCc2ccccc2)[C@H]([C@H](CO)NC(=O)C(Cl)(Cl)Cl)O1. The number of amides is 1. The first-order valence-electron chi connectivity index (χ1n) is 8.08. The molecule has 0 unspecified atom stereocenters. The highest BCUT2D eigenvalue weighted by Gasteiger charge is 2.43. The summed E-state index contributed by atoms with van der Waals surface area (Å²) in [5.74, 6) is -1.76. The van der Waals surface area contributed by atoms with Crippen molar-refractivity contribution in [3.05, 3.63) is 35.9 Å². The molecule has 1 aromatic rings. The first-order valence-corrected chi connectivity index (χ1v) is 9.21. The van der Waals surface area contributed by atoms with Gasteiger partial charge in [0.1, 0.15) is 12.2 Å². The largest absolute Gasteiger partial charge is 0.394 e. The van der Waals surface area contributed by atoms with E-state index in [0.717, 1.165) is 5.56 Å². The van der Waals surface area contributed by atoms with Crippen LogP contribution in [0.15, 0.2) is 30.3 Å². The van der Waals surface area contributed by atoms with Gasteiger partial charge in [0.25, 0.3) is 9.70 Å². The maximum Gasteiger partial charge on any atom is 0.272 e. The third-order valence-corrected chi connectivity index (χ3v) is 4.37. The van der Waals surface area contributed by atoms with E-state index in [9.17, 15) is 9.90 Å². The predicted molar refractivity (Wildman–Crippen MR) is 99.2 cm³/mol. The second-order valence-electron chi connectivity index (χ2n) is 6.39. The fourth-order valence-electron chi connectivity index (χ4n) is 2.56. The Morgan fingerprint density at radius 2 is 2.04 bits per heavy atom. The lowest BCUT2D eigenvalue weighted by atomic mass is 10.0. The molecule has 6 nitrogen and oxygen atoms in total. The van der Waals surface area contributed by atoms with Gasteiger partial charge in [-0.1, -0.05) is 65.1 Å². The molecule has 0 saturated carbocycles. The average Bonchev–Trinajstić information content (AvgIpc) is 2.58. The van der Waals surface area contributed by atoms with Crippen molar-refractivity contribution < 1.29 is 24.1 Å². The van der Waals surface area contributed by atoms with E-state index in [1.165, 1.54) is 0 Å². The number of nitrogens with one attached hydrogen (secondary N) is 1. The van der Waals surface area contributed by atoms with Crippen molar-refractivity contribution in [3.63, 3.8) is 0 Å². The third kappa shape index (κ3) is 6.23. The zero-order valence-corrected chi connectivity index (χ0v) is 16.7. The van der Waals surface area contributed by atoms with E-state index < -0.39 is 40.3 Å². The number of rotatable bonds is 6. The fourth-order valence-corrected chi connectivity index (χ4v) is 2.72. The van der Waals surface area contributed by atoms with Gasteiger partial charge in [0.15, 0.2) is 5.79 Å². The number of hydrogen-bond donors (Lipinski definition) is 2. The fraction of sp³-hybridized carbons (Fsp3) is 0.588. The van der Waals surface area contributed by atoms with Crippen LogP contribution in [0.1, 0.15) is 19.4 Å². The molecule has 0 aromatic heterocycles. The van der Waals surface area contributed by atoms with Gasteiger partial charge < -0.3 is 24.6 Å². The number of alkyl halides is 3. The molecule has 2 rings (SSSR count). The molecule has 1 aliphatic heterocycles. The summed E-state index contributed by atoms with van der Waals surface area (Å²) in [5.41, 5.74) is 0.974. The Balaban J connectivity index is 2.10. The van der Waals surface area contributed by atoms with Crippen LogP contribution in [0, 0.1) is 0 Å². The van der Waals surface area contributed by atoms with Crippen LogP contribution in [-0.4, -0.2) is 52.1 Å². The average molecular weight is 427 g/mol. The molecule has 26 heavy (non-hydrogen) atoms. The van der Waals surface area contributed by atoms with Crippen molar-refractivity contribution in [2.75, 3.05) is 13.2 Å². The van der Waals surface area contributed by atoms with E-state index in [1.807, 2.05) is 30.3 Å². The summed E-state index contributed by atoms with van der Waals surface area (Å²) < 4.78 is 15.3. The minimum Gasteiger partial charge on any atom is -0.394 e. The molecule has 0 radical (unpaired) electrons. The van der Waals surface area contributed by atoms with E-state index in [2.05, 4.69) is 5.32 Å². The molecule has 1 heterocycles. The lowest BCUT2D eigenvalue weighted by Crippen LogP contribution is -2.60. The topological polar surface area (TPSA) is 77.0 Å². The number of carbonyl (C=O) groups excluding carboxylic acids is 1. The zero-order valence-electron chi connectivity index (χ0n) is 14.5. The van der Waals surface area contributed by atoms with Crippen molar-refractivity contribution >= 4 is 40.7 Å². The highest BCUT2D eigenvalue weighted by Crippen LogP contribution is 2.29. The van der Waals surface area contributed by atoms with Crippen LogP contribution in [0.5, 0.6) is 0 Å². The van der Waals surface area contributed by atoms with E-state index in [0.29, 0.717) is 6.61 Å². The van der Waals surface area contributed by atoms with Gasteiger partial charge in [-0.25, -0.2) is 0 Å². The Kier molecular flexibility index (Phi) is 7.56. The Morgan fingerprint density at radius 3 is 2.62 bits per heavy atom. The quantitative estimate of drug-likeness (QED) is 0.684. The summed E-state index contributed by atoms with van der Waals surface area (Å²) in [7, 11) is 0. The number of ether oxygens (including phenoxy) is 3. The molecule has 1 aromatic carbocycles. The molecule has 9 heteroatoms. The van der Waals surface area contributed by atoms with Crippen molar-refractivity contribution in [1.82, 2.24) is 5.32 Å². The van der Waals surface area contributed by atoms with E-state index >= 15 is 0 Å². The van der Waals surface area contributed by atoms with Crippen LogP contribution in [0.25, 0.3) is 0 Å². The van der Waals surface area contributed by atoms with Crippen molar-refractivity contribution in [2.45, 2.75) is 48.3 Å². The number of benzene rings is 1. The van der Waals surface area contributed by atoms with Crippen molar-refractivity contribution in [1.29, 1.82) is 0 Å². The lowest BCUT2D eigenvalue weighted by molar-refractivity contribution is -0.317. The molecule has 1 amide bonds. The first-order chi connectivity index (χ1) is 12.1. The predicted octanol–water partition coefficient (Wildman–Crippen LogP) is 2.57.